The Morgan fingerprint density at radius 3 is 2.15 bits per heavy atom. The molecule has 1 aromatic heterocycles. The van der Waals surface area contributed by atoms with Crippen LogP contribution in [0.25, 0.3) is 22.8 Å². The summed E-state index contributed by atoms with van der Waals surface area (Å²) in [5, 5.41) is 7.00. The maximum atomic E-state index is 12.8. The summed E-state index contributed by atoms with van der Waals surface area (Å²) in [5.41, 5.74) is 2.21. The van der Waals surface area contributed by atoms with E-state index < -0.39 is 0 Å². The number of hydrogen-bond acceptors (Lipinski definition) is 8. The van der Waals surface area contributed by atoms with Crippen LogP contribution in [0.15, 0.2) is 65.2 Å². The Balaban J connectivity index is 1.64. The van der Waals surface area contributed by atoms with Gasteiger partial charge in [-0.15, -0.1) is 0 Å². The van der Waals surface area contributed by atoms with Crippen LogP contribution in [0, 0.1) is 0 Å². The molecular weight excluding hydrogens is 438 g/mol. The molecule has 174 valence electrons. The minimum Gasteiger partial charge on any atom is -0.497 e. The van der Waals surface area contributed by atoms with Crippen LogP contribution in [0.2, 0.25) is 0 Å². The number of nitrogens with zero attached hydrogens (tertiary/aromatic N) is 2. The maximum absolute atomic E-state index is 12.8. The Labute approximate surface area is 196 Å². The lowest BCUT2D eigenvalue weighted by atomic mass is 10.1. The van der Waals surface area contributed by atoms with Crippen LogP contribution in [0.4, 0.5) is 5.69 Å². The third-order valence-electron chi connectivity index (χ3n) is 5.11. The van der Waals surface area contributed by atoms with Gasteiger partial charge in [0.1, 0.15) is 5.75 Å². The van der Waals surface area contributed by atoms with Crippen LogP contribution < -0.4 is 24.3 Å². The number of para-hydroxylation sites is 1. The Morgan fingerprint density at radius 2 is 1.53 bits per heavy atom. The summed E-state index contributed by atoms with van der Waals surface area (Å²) in [6, 6.07) is 17.5. The average molecular weight is 461 g/mol. The predicted molar refractivity (Wildman–Crippen MR) is 126 cm³/mol. The molecule has 3 aromatic carbocycles. The van der Waals surface area contributed by atoms with E-state index in [0.29, 0.717) is 51.2 Å². The highest BCUT2D eigenvalue weighted by molar-refractivity contribution is 6.06. The summed E-state index contributed by atoms with van der Waals surface area (Å²) in [6.45, 7) is 0. The van der Waals surface area contributed by atoms with Crippen molar-refractivity contribution >= 4 is 11.6 Å². The highest BCUT2D eigenvalue weighted by atomic mass is 16.5. The van der Waals surface area contributed by atoms with Crippen molar-refractivity contribution in [2.24, 2.45) is 0 Å². The molecule has 34 heavy (non-hydrogen) atoms. The first-order valence-electron chi connectivity index (χ1n) is 10.3. The van der Waals surface area contributed by atoms with Crippen LogP contribution >= 0.6 is 0 Å². The Bertz CT molecular complexity index is 1280. The van der Waals surface area contributed by atoms with E-state index in [2.05, 4.69) is 15.5 Å². The first-order chi connectivity index (χ1) is 16.6. The van der Waals surface area contributed by atoms with Crippen molar-refractivity contribution in [1.29, 1.82) is 0 Å². The largest absolute Gasteiger partial charge is 0.497 e. The van der Waals surface area contributed by atoms with Crippen molar-refractivity contribution in [1.82, 2.24) is 10.1 Å². The Hall–Kier alpha value is -4.53. The number of benzene rings is 3. The van der Waals surface area contributed by atoms with Crippen molar-refractivity contribution in [3.05, 3.63) is 66.2 Å². The highest BCUT2D eigenvalue weighted by Crippen LogP contribution is 2.41. The van der Waals surface area contributed by atoms with E-state index in [1.165, 1.54) is 21.3 Å². The standard InChI is InChI=1S/C25H23N3O6/c1-30-17-11-9-15(10-12-17)24(29)26-19-8-6-5-7-18(19)25-27-23(28-34-25)16-13-20(31-2)22(33-4)21(14-16)32-3/h5-14H,1-4H3,(H,26,29). The number of carbonyl (C=O) groups is 1. The summed E-state index contributed by atoms with van der Waals surface area (Å²) in [5.74, 6) is 2.36. The number of ether oxygens (including phenoxy) is 4. The molecule has 9 heteroatoms. The minimum absolute atomic E-state index is 0.245. The molecule has 1 heterocycles. The summed E-state index contributed by atoms with van der Waals surface area (Å²) in [6.07, 6.45) is 0. The monoisotopic (exact) mass is 461 g/mol. The molecule has 0 spiro atoms. The van der Waals surface area contributed by atoms with Crippen LogP contribution in [0.5, 0.6) is 23.0 Å². The van der Waals surface area contributed by atoms with Crippen LogP contribution in [-0.4, -0.2) is 44.5 Å². The van der Waals surface area contributed by atoms with Gasteiger partial charge in [-0.1, -0.05) is 17.3 Å². The second kappa shape index (κ2) is 9.95. The van der Waals surface area contributed by atoms with Crippen molar-refractivity contribution in [2.75, 3.05) is 33.8 Å². The summed E-state index contributed by atoms with van der Waals surface area (Å²) < 4.78 is 26.8. The Morgan fingerprint density at radius 1 is 0.853 bits per heavy atom. The zero-order valence-corrected chi connectivity index (χ0v) is 19.1. The van der Waals surface area contributed by atoms with Crippen molar-refractivity contribution < 1.29 is 28.3 Å². The molecule has 0 atom stereocenters. The lowest BCUT2D eigenvalue weighted by molar-refractivity contribution is 0.102. The molecule has 1 amide bonds. The van der Waals surface area contributed by atoms with E-state index >= 15 is 0 Å². The molecule has 0 unspecified atom stereocenters. The number of nitrogens with one attached hydrogen (secondary N) is 1. The molecular formula is C25H23N3O6. The molecule has 0 aliphatic heterocycles. The fourth-order valence-electron chi connectivity index (χ4n) is 3.38. The zero-order valence-electron chi connectivity index (χ0n) is 19.1. The van der Waals surface area contributed by atoms with Gasteiger partial charge in [0.15, 0.2) is 11.5 Å². The number of aromatic nitrogens is 2. The summed E-state index contributed by atoms with van der Waals surface area (Å²) in [7, 11) is 6.17. The average Bonchev–Trinajstić information content (AvgIpc) is 3.38. The van der Waals surface area contributed by atoms with Gasteiger partial charge in [-0.05, 0) is 48.5 Å². The lowest BCUT2D eigenvalue weighted by Crippen LogP contribution is -2.12. The molecule has 0 saturated heterocycles. The van der Waals surface area contributed by atoms with Gasteiger partial charge in [0.25, 0.3) is 11.8 Å². The molecule has 0 aliphatic carbocycles. The van der Waals surface area contributed by atoms with Crippen molar-refractivity contribution in [2.45, 2.75) is 0 Å². The van der Waals surface area contributed by atoms with Gasteiger partial charge in [0.05, 0.1) is 39.7 Å². The number of rotatable bonds is 8. The van der Waals surface area contributed by atoms with Crippen molar-refractivity contribution in [3.63, 3.8) is 0 Å². The number of methoxy groups -OCH3 is 4. The first kappa shape index (κ1) is 22.7. The maximum Gasteiger partial charge on any atom is 0.260 e. The Kier molecular flexibility index (Phi) is 6.63. The lowest BCUT2D eigenvalue weighted by Gasteiger charge is -2.12. The second-order valence-corrected chi connectivity index (χ2v) is 7.07. The molecule has 1 N–H and O–H groups in total. The molecule has 4 aromatic rings. The van der Waals surface area contributed by atoms with Gasteiger partial charge >= 0.3 is 0 Å². The third-order valence-corrected chi connectivity index (χ3v) is 5.11. The van der Waals surface area contributed by atoms with E-state index in [9.17, 15) is 4.79 Å². The quantitative estimate of drug-likeness (QED) is 0.403. The normalized spacial score (nSPS) is 10.5. The summed E-state index contributed by atoms with van der Waals surface area (Å²) >= 11 is 0. The van der Waals surface area contributed by atoms with Gasteiger partial charge in [-0.3, -0.25) is 4.79 Å². The third kappa shape index (κ3) is 4.49. The molecule has 0 aliphatic rings. The van der Waals surface area contributed by atoms with Gasteiger partial charge in [0, 0.05) is 11.1 Å². The van der Waals surface area contributed by atoms with Crippen LogP contribution in [0.3, 0.4) is 0 Å². The SMILES string of the molecule is COc1ccc(C(=O)Nc2ccccc2-c2nc(-c3cc(OC)c(OC)c(OC)c3)no2)cc1. The van der Waals surface area contributed by atoms with Gasteiger partial charge < -0.3 is 28.8 Å². The highest BCUT2D eigenvalue weighted by Gasteiger charge is 2.19. The molecule has 4 rings (SSSR count). The number of carbonyl (C=O) groups excluding carboxylic acids is 1. The zero-order chi connectivity index (χ0) is 24.1. The number of amides is 1. The molecule has 9 nitrogen and oxygen atoms in total. The van der Waals surface area contributed by atoms with Crippen molar-refractivity contribution in [3.8, 4) is 45.8 Å². The van der Waals surface area contributed by atoms with E-state index in [1.54, 1.807) is 55.6 Å². The summed E-state index contributed by atoms with van der Waals surface area (Å²) in [4.78, 5) is 17.3. The fourth-order valence-corrected chi connectivity index (χ4v) is 3.38. The van der Waals surface area contributed by atoms with Gasteiger partial charge in [0.2, 0.25) is 11.6 Å². The smallest absolute Gasteiger partial charge is 0.260 e. The van der Waals surface area contributed by atoms with E-state index in [-0.39, 0.29) is 11.8 Å². The molecule has 0 fully saturated rings. The van der Waals surface area contributed by atoms with E-state index in [4.69, 9.17) is 23.5 Å². The second-order valence-electron chi connectivity index (χ2n) is 7.07. The van der Waals surface area contributed by atoms with Gasteiger partial charge in [-0.2, -0.15) is 4.98 Å². The van der Waals surface area contributed by atoms with E-state index in [0.717, 1.165) is 0 Å². The van der Waals surface area contributed by atoms with E-state index in [1.807, 2.05) is 12.1 Å². The minimum atomic E-state index is -0.278. The molecule has 0 radical (unpaired) electrons. The predicted octanol–water partition coefficient (Wildman–Crippen LogP) is 4.69. The number of anilines is 1. The van der Waals surface area contributed by atoms with Crippen LogP contribution in [-0.2, 0) is 0 Å². The first-order valence-corrected chi connectivity index (χ1v) is 10.3. The van der Waals surface area contributed by atoms with Crippen LogP contribution in [0.1, 0.15) is 10.4 Å². The van der Waals surface area contributed by atoms with Gasteiger partial charge in [-0.25, -0.2) is 0 Å². The number of hydrogen-bond donors (Lipinski definition) is 1. The topological polar surface area (TPSA) is 105 Å². The molecule has 0 saturated carbocycles. The fraction of sp³-hybridized carbons (Fsp3) is 0.160. The molecule has 0 bridgehead atoms.